The molecule has 0 aromatic heterocycles. The van der Waals surface area contributed by atoms with Gasteiger partial charge in [0.15, 0.2) is 0 Å². The van der Waals surface area contributed by atoms with Gasteiger partial charge in [-0.1, -0.05) is 30.7 Å². The number of hydrogen-bond acceptors (Lipinski definition) is 8. The van der Waals surface area contributed by atoms with Crippen molar-refractivity contribution in [1.29, 1.82) is 0 Å². The van der Waals surface area contributed by atoms with E-state index in [1.165, 1.54) is 0 Å². The Kier molecular flexibility index (Phi) is 4.20. The molecule has 0 saturated heterocycles. The van der Waals surface area contributed by atoms with Gasteiger partial charge in [0.1, 0.15) is 16.3 Å². The van der Waals surface area contributed by atoms with E-state index in [4.69, 9.17) is 11.5 Å². The van der Waals surface area contributed by atoms with E-state index in [0.29, 0.717) is 23.9 Å². The van der Waals surface area contributed by atoms with Gasteiger partial charge in [0.2, 0.25) is 11.9 Å². The Morgan fingerprint density at radius 3 is 2.36 bits per heavy atom. The number of anilines is 1. The number of aliphatic imine (C=N–C) groups is 2. The van der Waals surface area contributed by atoms with Crippen LogP contribution in [0.15, 0.2) is 45.2 Å². The molecule has 1 aliphatic heterocycles. The summed E-state index contributed by atoms with van der Waals surface area (Å²) in [5.41, 5.74) is 11.6. The lowest BCUT2D eigenvalue weighted by molar-refractivity contribution is 0.304. The van der Waals surface area contributed by atoms with Crippen molar-refractivity contribution in [2.24, 2.45) is 21.5 Å². The Morgan fingerprint density at radius 2 is 1.71 bits per heavy atom. The summed E-state index contributed by atoms with van der Waals surface area (Å²) in [6.45, 7) is 0. The lowest BCUT2D eigenvalue weighted by Crippen LogP contribution is -2.58. The Labute approximate surface area is 162 Å². The lowest BCUT2D eigenvalue weighted by atomic mass is 9.86. The van der Waals surface area contributed by atoms with Crippen LogP contribution in [-0.2, 0) is 10.1 Å². The van der Waals surface area contributed by atoms with Crippen LogP contribution in [0.2, 0.25) is 0 Å². The third-order valence-electron chi connectivity index (χ3n) is 5.31. The van der Waals surface area contributed by atoms with Gasteiger partial charge in [-0.3, -0.25) is 9.45 Å². The first kappa shape index (κ1) is 18.5. The van der Waals surface area contributed by atoms with E-state index in [0.717, 1.165) is 25.3 Å². The number of rotatable bonds is 2. The van der Waals surface area contributed by atoms with Gasteiger partial charge in [-0.15, -0.1) is 0 Å². The second-order valence-electron chi connectivity index (χ2n) is 7.08. The fraction of sp³-hybridized carbons (Fsp3) is 0.333. The van der Waals surface area contributed by atoms with Crippen molar-refractivity contribution < 1.29 is 18.1 Å². The third kappa shape index (κ3) is 2.85. The first-order valence-electron chi connectivity index (χ1n) is 8.95. The highest BCUT2D eigenvalue weighted by Gasteiger charge is 2.44. The molecule has 0 atom stereocenters. The van der Waals surface area contributed by atoms with Crippen LogP contribution in [0, 0.1) is 0 Å². The number of fused-ring (bicyclic) bond motifs is 1. The molecular weight excluding hydrogens is 382 g/mol. The molecule has 2 aromatic carbocycles. The van der Waals surface area contributed by atoms with Crippen molar-refractivity contribution in [3.63, 3.8) is 0 Å². The lowest BCUT2D eigenvalue weighted by Gasteiger charge is -2.46. The average Bonchev–Trinajstić information content (AvgIpc) is 2.62. The molecule has 0 radical (unpaired) electrons. The van der Waals surface area contributed by atoms with E-state index in [-0.39, 0.29) is 28.0 Å². The SMILES string of the molecule is NC1=NC2(CCCCC2)N(c2c(O)cc(S(=O)(=O)O)c3ccccc23)C(N)=N1. The minimum Gasteiger partial charge on any atom is -0.506 e. The first-order valence-corrected chi connectivity index (χ1v) is 10.4. The number of hydrogen-bond donors (Lipinski definition) is 4. The summed E-state index contributed by atoms with van der Waals surface area (Å²) in [5.74, 6) is -0.187. The second kappa shape index (κ2) is 6.35. The number of guanidine groups is 2. The summed E-state index contributed by atoms with van der Waals surface area (Å²) in [4.78, 5) is 9.92. The van der Waals surface area contributed by atoms with Gasteiger partial charge < -0.3 is 16.6 Å². The maximum atomic E-state index is 11.8. The third-order valence-corrected chi connectivity index (χ3v) is 6.20. The molecule has 2 aromatic rings. The average molecular weight is 403 g/mol. The summed E-state index contributed by atoms with van der Waals surface area (Å²) < 4.78 is 33.3. The minimum absolute atomic E-state index is 0.0778. The summed E-state index contributed by atoms with van der Waals surface area (Å²) in [6, 6.07) is 7.60. The molecule has 6 N–H and O–H groups in total. The first-order chi connectivity index (χ1) is 13.2. The Balaban J connectivity index is 2.03. The maximum Gasteiger partial charge on any atom is 0.295 e. The molecule has 2 aliphatic rings. The molecule has 4 rings (SSSR count). The molecule has 1 spiro atoms. The van der Waals surface area contributed by atoms with E-state index in [2.05, 4.69) is 9.98 Å². The quantitative estimate of drug-likeness (QED) is 0.558. The smallest absolute Gasteiger partial charge is 0.295 e. The van der Waals surface area contributed by atoms with E-state index < -0.39 is 15.8 Å². The number of nitrogens with zero attached hydrogens (tertiary/aromatic N) is 3. The predicted molar refractivity (Wildman–Crippen MR) is 107 cm³/mol. The molecule has 1 saturated carbocycles. The van der Waals surface area contributed by atoms with Crippen molar-refractivity contribution >= 4 is 38.5 Å². The molecule has 148 valence electrons. The summed E-state index contributed by atoms with van der Waals surface area (Å²) in [6.07, 6.45) is 4.19. The Bertz CT molecular complexity index is 1120. The molecule has 0 amide bonds. The molecular formula is C18H21N5O4S. The molecule has 0 unspecified atom stereocenters. The van der Waals surface area contributed by atoms with Gasteiger partial charge in [0, 0.05) is 16.8 Å². The zero-order chi connectivity index (χ0) is 20.1. The molecule has 1 aliphatic carbocycles. The van der Waals surface area contributed by atoms with Crippen molar-refractivity contribution in [2.75, 3.05) is 4.90 Å². The second-order valence-corrected chi connectivity index (χ2v) is 8.47. The van der Waals surface area contributed by atoms with Crippen LogP contribution < -0.4 is 16.4 Å². The molecule has 1 fully saturated rings. The van der Waals surface area contributed by atoms with Gasteiger partial charge >= 0.3 is 0 Å². The zero-order valence-electron chi connectivity index (χ0n) is 15.0. The van der Waals surface area contributed by atoms with Crippen LogP contribution in [0.1, 0.15) is 32.1 Å². The molecule has 0 bridgehead atoms. The van der Waals surface area contributed by atoms with Crippen LogP contribution >= 0.6 is 0 Å². The highest BCUT2D eigenvalue weighted by molar-refractivity contribution is 7.86. The number of phenols is 1. The van der Waals surface area contributed by atoms with Crippen LogP contribution in [0.25, 0.3) is 10.8 Å². The Hall–Kier alpha value is -2.85. The predicted octanol–water partition coefficient (Wildman–Crippen LogP) is 1.90. The molecule has 28 heavy (non-hydrogen) atoms. The molecule has 10 heteroatoms. The number of aromatic hydroxyl groups is 1. The van der Waals surface area contributed by atoms with Crippen LogP contribution in [0.5, 0.6) is 5.75 Å². The normalized spacial score (nSPS) is 19.5. The highest BCUT2D eigenvalue weighted by Crippen LogP contribution is 2.46. The summed E-state index contributed by atoms with van der Waals surface area (Å²) in [5, 5.41) is 11.5. The largest absolute Gasteiger partial charge is 0.506 e. The standard InChI is InChI=1S/C18H21N5O4S/c19-16-21-17(20)23(18(22-16)8-4-1-5-9-18)15-12-7-3-2-6-11(12)14(10-13(15)24)28(25,26)27/h2-3,6-7,10,24H,1,4-5,8-9H2,(H,25,26,27)(H4,19,20,21,22). The summed E-state index contributed by atoms with van der Waals surface area (Å²) >= 11 is 0. The zero-order valence-corrected chi connectivity index (χ0v) is 15.9. The van der Waals surface area contributed by atoms with E-state index in [1.807, 2.05) is 0 Å². The van der Waals surface area contributed by atoms with Crippen LogP contribution in [0.3, 0.4) is 0 Å². The number of phenolic OH excluding ortho intramolecular Hbond substituents is 1. The van der Waals surface area contributed by atoms with Crippen molar-refractivity contribution in [3.05, 3.63) is 30.3 Å². The minimum atomic E-state index is -4.54. The Morgan fingerprint density at radius 1 is 1.07 bits per heavy atom. The monoisotopic (exact) mass is 403 g/mol. The van der Waals surface area contributed by atoms with Crippen LogP contribution in [-0.4, -0.2) is 35.7 Å². The number of benzene rings is 2. The van der Waals surface area contributed by atoms with E-state index in [1.54, 1.807) is 29.2 Å². The topological polar surface area (TPSA) is 155 Å². The molecule has 1 heterocycles. The van der Waals surface area contributed by atoms with Crippen molar-refractivity contribution in [1.82, 2.24) is 0 Å². The fourth-order valence-electron chi connectivity index (χ4n) is 4.21. The van der Waals surface area contributed by atoms with Crippen LogP contribution in [0.4, 0.5) is 5.69 Å². The van der Waals surface area contributed by atoms with Gasteiger partial charge in [0.25, 0.3) is 10.1 Å². The van der Waals surface area contributed by atoms with Crippen molar-refractivity contribution in [2.45, 2.75) is 42.7 Å². The van der Waals surface area contributed by atoms with Crippen molar-refractivity contribution in [3.8, 4) is 5.75 Å². The van der Waals surface area contributed by atoms with E-state index >= 15 is 0 Å². The van der Waals surface area contributed by atoms with Gasteiger partial charge in [-0.2, -0.15) is 13.4 Å². The fourth-order valence-corrected chi connectivity index (χ4v) is 4.92. The van der Waals surface area contributed by atoms with Gasteiger partial charge in [-0.05, 0) is 25.7 Å². The molecule has 9 nitrogen and oxygen atoms in total. The van der Waals surface area contributed by atoms with E-state index in [9.17, 15) is 18.1 Å². The highest BCUT2D eigenvalue weighted by atomic mass is 32.2. The maximum absolute atomic E-state index is 11.8. The van der Waals surface area contributed by atoms with Gasteiger partial charge in [-0.25, -0.2) is 4.99 Å². The number of nitrogens with two attached hydrogens (primary N) is 2. The van der Waals surface area contributed by atoms with Gasteiger partial charge in [0.05, 0.1) is 5.69 Å². The summed E-state index contributed by atoms with van der Waals surface area (Å²) in [7, 11) is -4.54.